The summed E-state index contributed by atoms with van der Waals surface area (Å²) >= 11 is 0. The van der Waals surface area contributed by atoms with Crippen molar-refractivity contribution in [3.8, 4) is 11.5 Å². The molecule has 2 aromatic rings. The van der Waals surface area contributed by atoms with E-state index in [9.17, 15) is 0 Å². The van der Waals surface area contributed by atoms with Gasteiger partial charge in [-0.1, -0.05) is 24.3 Å². The molecule has 0 bridgehead atoms. The molecule has 2 aromatic carbocycles. The molecular formula is C18H21NO2. The molecule has 1 saturated carbocycles. The Labute approximate surface area is 125 Å². The van der Waals surface area contributed by atoms with Crippen LogP contribution in [0.15, 0.2) is 48.5 Å². The van der Waals surface area contributed by atoms with Gasteiger partial charge in [-0.25, -0.2) is 0 Å². The zero-order valence-corrected chi connectivity index (χ0v) is 12.5. The molecule has 1 N–H and O–H groups in total. The van der Waals surface area contributed by atoms with Crippen LogP contribution in [-0.4, -0.2) is 20.3 Å². The molecule has 0 heterocycles. The molecule has 0 amide bonds. The summed E-state index contributed by atoms with van der Waals surface area (Å²) in [5, 5.41) is 3.36. The molecule has 3 rings (SSSR count). The number of hydrogen-bond acceptors (Lipinski definition) is 3. The molecule has 110 valence electrons. The quantitative estimate of drug-likeness (QED) is 0.879. The predicted molar refractivity (Wildman–Crippen MR) is 84.0 cm³/mol. The summed E-state index contributed by atoms with van der Waals surface area (Å²) in [6.45, 7) is 0. The molecule has 1 unspecified atom stereocenters. The van der Waals surface area contributed by atoms with E-state index < -0.39 is 0 Å². The van der Waals surface area contributed by atoms with Gasteiger partial charge in [-0.05, 0) is 55.3 Å². The molecule has 1 aliphatic rings. The Morgan fingerprint density at radius 1 is 0.905 bits per heavy atom. The molecule has 21 heavy (non-hydrogen) atoms. The van der Waals surface area contributed by atoms with E-state index in [1.807, 2.05) is 19.2 Å². The van der Waals surface area contributed by atoms with Crippen LogP contribution >= 0.6 is 0 Å². The third kappa shape index (κ3) is 3.37. The van der Waals surface area contributed by atoms with Crippen LogP contribution in [0.5, 0.6) is 11.5 Å². The van der Waals surface area contributed by atoms with Crippen molar-refractivity contribution < 1.29 is 9.47 Å². The topological polar surface area (TPSA) is 30.5 Å². The van der Waals surface area contributed by atoms with Crippen LogP contribution in [0.4, 0.5) is 0 Å². The lowest BCUT2D eigenvalue weighted by molar-refractivity contribution is 0.303. The first-order chi connectivity index (χ1) is 10.3. The summed E-state index contributed by atoms with van der Waals surface area (Å²) in [4.78, 5) is 0. The number of ether oxygens (including phenoxy) is 2. The Hall–Kier alpha value is -2.00. The number of methoxy groups -OCH3 is 1. The summed E-state index contributed by atoms with van der Waals surface area (Å²) in [7, 11) is 3.66. The lowest BCUT2D eigenvalue weighted by Crippen LogP contribution is -2.17. The lowest BCUT2D eigenvalue weighted by atomic mass is 9.99. The zero-order valence-electron chi connectivity index (χ0n) is 12.5. The molecule has 0 aromatic heterocycles. The van der Waals surface area contributed by atoms with Gasteiger partial charge in [-0.2, -0.15) is 0 Å². The highest BCUT2D eigenvalue weighted by atomic mass is 16.5. The van der Waals surface area contributed by atoms with Crippen molar-refractivity contribution in [2.24, 2.45) is 0 Å². The molecule has 1 fully saturated rings. The number of rotatable bonds is 6. The van der Waals surface area contributed by atoms with Crippen LogP contribution in [0.25, 0.3) is 0 Å². The average Bonchev–Trinajstić information content (AvgIpc) is 3.34. The summed E-state index contributed by atoms with van der Waals surface area (Å²) < 4.78 is 11.0. The first kappa shape index (κ1) is 14.0. The van der Waals surface area contributed by atoms with Gasteiger partial charge < -0.3 is 14.8 Å². The fraction of sp³-hybridized carbons (Fsp3) is 0.333. The third-order valence-corrected chi connectivity index (χ3v) is 3.78. The monoisotopic (exact) mass is 283 g/mol. The lowest BCUT2D eigenvalue weighted by Gasteiger charge is -2.18. The fourth-order valence-corrected chi connectivity index (χ4v) is 2.44. The van der Waals surface area contributed by atoms with E-state index in [0.717, 1.165) is 11.5 Å². The first-order valence-corrected chi connectivity index (χ1v) is 7.38. The average molecular weight is 283 g/mol. The third-order valence-electron chi connectivity index (χ3n) is 3.78. The van der Waals surface area contributed by atoms with Crippen molar-refractivity contribution in [3.63, 3.8) is 0 Å². The van der Waals surface area contributed by atoms with Gasteiger partial charge in [0.25, 0.3) is 0 Å². The molecule has 0 spiro atoms. The van der Waals surface area contributed by atoms with Crippen LogP contribution < -0.4 is 14.8 Å². The van der Waals surface area contributed by atoms with Crippen molar-refractivity contribution in [1.29, 1.82) is 0 Å². The van der Waals surface area contributed by atoms with Gasteiger partial charge >= 0.3 is 0 Å². The molecule has 1 atom stereocenters. The Morgan fingerprint density at radius 2 is 1.43 bits per heavy atom. The molecule has 0 radical (unpaired) electrons. The van der Waals surface area contributed by atoms with Crippen molar-refractivity contribution in [3.05, 3.63) is 59.7 Å². The van der Waals surface area contributed by atoms with E-state index in [0.29, 0.717) is 6.10 Å². The molecule has 0 saturated heterocycles. The maximum atomic E-state index is 5.79. The van der Waals surface area contributed by atoms with Crippen molar-refractivity contribution in [2.75, 3.05) is 14.2 Å². The zero-order chi connectivity index (χ0) is 14.7. The Bertz CT molecular complexity index is 573. The molecule has 1 aliphatic carbocycles. The summed E-state index contributed by atoms with van der Waals surface area (Å²) in [5.41, 5.74) is 2.44. The van der Waals surface area contributed by atoms with Gasteiger partial charge in [0.2, 0.25) is 0 Å². The standard InChI is InChI=1S/C18H21NO2/c1-19-18(13-3-7-15(20-2)8-4-13)14-5-9-16(10-6-14)21-17-11-12-17/h3-10,17-19H,11-12H2,1-2H3. The van der Waals surface area contributed by atoms with E-state index in [1.165, 1.54) is 24.0 Å². The highest BCUT2D eigenvalue weighted by Gasteiger charge is 2.23. The Morgan fingerprint density at radius 3 is 1.86 bits per heavy atom. The van der Waals surface area contributed by atoms with Gasteiger partial charge in [0.05, 0.1) is 19.3 Å². The maximum absolute atomic E-state index is 5.79. The van der Waals surface area contributed by atoms with E-state index in [4.69, 9.17) is 9.47 Å². The molecular weight excluding hydrogens is 262 g/mol. The first-order valence-electron chi connectivity index (χ1n) is 7.38. The van der Waals surface area contributed by atoms with Crippen molar-refractivity contribution in [2.45, 2.75) is 25.0 Å². The van der Waals surface area contributed by atoms with Gasteiger partial charge in [0.15, 0.2) is 0 Å². The van der Waals surface area contributed by atoms with Crippen molar-refractivity contribution >= 4 is 0 Å². The number of nitrogens with one attached hydrogen (secondary N) is 1. The SMILES string of the molecule is CNC(c1ccc(OC)cc1)c1ccc(OC2CC2)cc1. The fourth-order valence-electron chi connectivity index (χ4n) is 2.44. The Kier molecular flexibility index (Phi) is 4.11. The predicted octanol–water partition coefficient (Wildman–Crippen LogP) is 3.55. The second-order valence-electron chi connectivity index (χ2n) is 5.38. The van der Waals surface area contributed by atoms with E-state index in [-0.39, 0.29) is 6.04 Å². The number of benzene rings is 2. The van der Waals surface area contributed by atoms with Crippen LogP contribution in [0, 0.1) is 0 Å². The maximum Gasteiger partial charge on any atom is 0.119 e. The minimum absolute atomic E-state index is 0.172. The molecule has 3 heteroatoms. The van der Waals surface area contributed by atoms with Crippen LogP contribution in [-0.2, 0) is 0 Å². The van der Waals surface area contributed by atoms with Crippen molar-refractivity contribution in [1.82, 2.24) is 5.32 Å². The normalized spacial score (nSPS) is 15.5. The van der Waals surface area contributed by atoms with Gasteiger partial charge in [0.1, 0.15) is 11.5 Å². The summed E-state index contributed by atoms with van der Waals surface area (Å²) in [6.07, 6.45) is 2.82. The highest BCUT2D eigenvalue weighted by Crippen LogP contribution is 2.29. The van der Waals surface area contributed by atoms with Crippen LogP contribution in [0.2, 0.25) is 0 Å². The van der Waals surface area contributed by atoms with Gasteiger partial charge in [-0.3, -0.25) is 0 Å². The molecule has 3 nitrogen and oxygen atoms in total. The van der Waals surface area contributed by atoms with Gasteiger partial charge in [0, 0.05) is 0 Å². The number of hydrogen-bond donors (Lipinski definition) is 1. The molecule has 0 aliphatic heterocycles. The van der Waals surface area contributed by atoms with Crippen LogP contribution in [0.1, 0.15) is 30.0 Å². The van der Waals surface area contributed by atoms with E-state index in [2.05, 4.69) is 41.7 Å². The van der Waals surface area contributed by atoms with Gasteiger partial charge in [-0.15, -0.1) is 0 Å². The highest BCUT2D eigenvalue weighted by molar-refractivity contribution is 5.37. The smallest absolute Gasteiger partial charge is 0.119 e. The largest absolute Gasteiger partial charge is 0.497 e. The summed E-state index contributed by atoms with van der Waals surface area (Å²) in [6, 6.07) is 16.7. The summed E-state index contributed by atoms with van der Waals surface area (Å²) in [5.74, 6) is 1.84. The Balaban J connectivity index is 1.77. The minimum Gasteiger partial charge on any atom is -0.497 e. The van der Waals surface area contributed by atoms with E-state index in [1.54, 1.807) is 7.11 Å². The second-order valence-corrected chi connectivity index (χ2v) is 5.38. The van der Waals surface area contributed by atoms with E-state index >= 15 is 0 Å². The van der Waals surface area contributed by atoms with Crippen LogP contribution in [0.3, 0.4) is 0 Å². The minimum atomic E-state index is 0.172. The second kappa shape index (κ2) is 6.19.